The molecule has 0 amide bonds. The third-order valence-electron chi connectivity index (χ3n) is 5.33. The van der Waals surface area contributed by atoms with Gasteiger partial charge < -0.3 is 15.7 Å². The number of aliphatic hydroxyl groups is 1. The Kier molecular flexibility index (Phi) is 4.86. The van der Waals surface area contributed by atoms with Crippen LogP contribution in [0.3, 0.4) is 0 Å². The minimum atomic E-state index is -0.260. The summed E-state index contributed by atoms with van der Waals surface area (Å²) in [4.78, 5) is 9.53. The highest BCUT2D eigenvalue weighted by Crippen LogP contribution is 2.25. The second-order valence-corrected chi connectivity index (χ2v) is 7.27. The normalized spacial score (nSPS) is 13.4. The summed E-state index contributed by atoms with van der Waals surface area (Å²) in [5.41, 5.74) is 4.48. The molecule has 0 bridgehead atoms. The van der Waals surface area contributed by atoms with Gasteiger partial charge in [-0.05, 0) is 29.3 Å². The average molecular weight is 404 g/mol. The zero-order valence-corrected chi connectivity index (χ0v) is 16.3. The molecule has 5 rings (SSSR count). The van der Waals surface area contributed by atoms with Crippen LogP contribution in [-0.2, 0) is 26.1 Å². The predicted molar refractivity (Wildman–Crippen MR) is 112 cm³/mol. The molecule has 0 fully saturated rings. The number of benzene rings is 2. The summed E-state index contributed by atoms with van der Waals surface area (Å²) in [6, 6.07) is 12.2. The second-order valence-electron chi connectivity index (χ2n) is 7.27. The number of anilines is 1. The van der Waals surface area contributed by atoms with Gasteiger partial charge in [0.05, 0.1) is 24.0 Å². The fourth-order valence-corrected chi connectivity index (χ4v) is 3.81. The van der Waals surface area contributed by atoms with Gasteiger partial charge in [0.25, 0.3) is 5.95 Å². The lowest BCUT2D eigenvalue weighted by Gasteiger charge is -2.21. The number of nitrogens with zero attached hydrogens (tertiary/aromatic N) is 4. The van der Waals surface area contributed by atoms with E-state index in [1.807, 2.05) is 24.3 Å². The Morgan fingerprint density at radius 2 is 2.07 bits per heavy atom. The fourth-order valence-electron chi connectivity index (χ4n) is 3.81. The molecule has 0 radical (unpaired) electrons. The maximum Gasteiger partial charge on any atom is 0.253 e. The Labute approximate surface area is 172 Å². The maximum atomic E-state index is 13.5. The van der Waals surface area contributed by atoms with Crippen molar-refractivity contribution in [3.63, 3.8) is 0 Å². The highest BCUT2D eigenvalue weighted by molar-refractivity contribution is 5.83. The van der Waals surface area contributed by atoms with Crippen LogP contribution in [0.25, 0.3) is 16.9 Å². The van der Waals surface area contributed by atoms with Crippen LogP contribution >= 0.6 is 0 Å². The molecule has 1 aliphatic rings. The van der Waals surface area contributed by atoms with Gasteiger partial charge in [-0.15, -0.1) is 0 Å². The molecular formula is C22H21FN6O. The number of hydrogen-bond donors (Lipinski definition) is 3. The molecule has 0 atom stereocenters. The van der Waals surface area contributed by atoms with Crippen LogP contribution in [-0.4, -0.2) is 31.4 Å². The van der Waals surface area contributed by atoms with Crippen molar-refractivity contribution in [3.05, 3.63) is 76.9 Å². The molecule has 30 heavy (non-hydrogen) atoms. The molecule has 3 N–H and O–H groups in total. The summed E-state index contributed by atoms with van der Waals surface area (Å²) >= 11 is 0. The van der Waals surface area contributed by atoms with Crippen LogP contribution in [0.2, 0.25) is 0 Å². The van der Waals surface area contributed by atoms with E-state index in [-0.39, 0.29) is 12.4 Å². The first-order chi connectivity index (χ1) is 14.7. The van der Waals surface area contributed by atoms with Gasteiger partial charge in [0.15, 0.2) is 0 Å². The van der Waals surface area contributed by atoms with Gasteiger partial charge in [0.2, 0.25) is 0 Å². The summed E-state index contributed by atoms with van der Waals surface area (Å²) in [7, 11) is 0. The minimum Gasteiger partial charge on any atom is -0.392 e. The third kappa shape index (κ3) is 3.40. The summed E-state index contributed by atoms with van der Waals surface area (Å²) in [5, 5.41) is 21.7. The first-order valence-electron chi connectivity index (χ1n) is 9.88. The van der Waals surface area contributed by atoms with Gasteiger partial charge in [0, 0.05) is 37.0 Å². The Hall–Kier alpha value is -3.36. The smallest absolute Gasteiger partial charge is 0.253 e. The highest BCUT2D eigenvalue weighted by Gasteiger charge is 2.20. The van der Waals surface area contributed by atoms with Crippen molar-refractivity contribution in [2.45, 2.75) is 26.1 Å². The molecule has 0 spiro atoms. The largest absolute Gasteiger partial charge is 0.392 e. The van der Waals surface area contributed by atoms with Crippen LogP contribution in [0.15, 0.2) is 48.7 Å². The van der Waals surface area contributed by atoms with Crippen LogP contribution in [0.1, 0.15) is 22.4 Å². The lowest BCUT2D eigenvalue weighted by Crippen LogP contribution is -2.27. The van der Waals surface area contributed by atoms with Crippen molar-refractivity contribution >= 4 is 16.7 Å². The van der Waals surface area contributed by atoms with E-state index in [1.165, 1.54) is 12.1 Å². The summed E-state index contributed by atoms with van der Waals surface area (Å²) in [6.45, 7) is 1.92. The first kappa shape index (κ1) is 18.7. The molecule has 152 valence electrons. The van der Waals surface area contributed by atoms with E-state index in [4.69, 9.17) is 9.97 Å². The van der Waals surface area contributed by atoms with Crippen molar-refractivity contribution < 1.29 is 9.50 Å². The van der Waals surface area contributed by atoms with Gasteiger partial charge >= 0.3 is 0 Å². The van der Waals surface area contributed by atoms with Crippen molar-refractivity contribution in [1.29, 1.82) is 0 Å². The molecule has 0 saturated carbocycles. The molecular weight excluding hydrogens is 383 g/mol. The average Bonchev–Trinajstić information content (AvgIpc) is 3.21. The molecule has 2 aromatic heterocycles. The Morgan fingerprint density at radius 1 is 1.17 bits per heavy atom. The number of fused-ring (bicyclic) bond motifs is 2. The Bertz CT molecular complexity index is 1220. The van der Waals surface area contributed by atoms with Crippen LogP contribution < -0.4 is 10.6 Å². The number of aromatic nitrogens is 4. The number of aliphatic hydroxyl groups excluding tert-OH is 1. The van der Waals surface area contributed by atoms with Crippen molar-refractivity contribution in [1.82, 2.24) is 25.1 Å². The summed E-state index contributed by atoms with van der Waals surface area (Å²) in [5.74, 6) is 0.931. The van der Waals surface area contributed by atoms with Crippen molar-refractivity contribution in [2.24, 2.45) is 0 Å². The van der Waals surface area contributed by atoms with Gasteiger partial charge in [0.1, 0.15) is 11.6 Å². The topological polar surface area (TPSA) is 87.9 Å². The monoisotopic (exact) mass is 404 g/mol. The predicted octanol–water partition coefficient (Wildman–Crippen LogP) is 2.70. The van der Waals surface area contributed by atoms with Gasteiger partial charge in [-0.25, -0.2) is 9.37 Å². The molecule has 1 aliphatic heterocycles. The highest BCUT2D eigenvalue weighted by atomic mass is 19.1. The van der Waals surface area contributed by atoms with Crippen molar-refractivity contribution in [2.75, 3.05) is 11.9 Å². The van der Waals surface area contributed by atoms with E-state index in [2.05, 4.69) is 15.7 Å². The molecule has 0 saturated heterocycles. The number of hydrogen-bond acceptors (Lipinski definition) is 6. The van der Waals surface area contributed by atoms with E-state index >= 15 is 0 Å². The van der Waals surface area contributed by atoms with E-state index in [0.717, 1.165) is 46.3 Å². The second kappa shape index (κ2) is 7.81. The number of rotatable bonds is 5. The fraction of sp³-hybridized carbons (Fsp3) is 0.227. The first-order valence-corrected chi connectivity index (χ1v) is 9.88. The molecule has 4 aromatic rings. The molecule has 0 unspecified atom stereocenters. The number of halogens is 1. The van der Waals surface area contributed by atoms with Gasteiger partial charge in [-0.3, -0.25) is 0 Å². The van der Waals surface area contributed by atoms with Gasteiger partial charge in [-0.1, -0.05) is 24.3 Å². The Morgan fingerprint density at radius 3 is 2.93 bits per heavy atom. The van der Waals surface area contributed by atoms with Crippen molar-refractivity contribution in [3.8, 4) is 5.95 Å². The van der Waals surface area contributed by atoms with Gasteiger partial charge in [-0.2, -0.15) is 14.8 Å². The summed E-state index contributed by atoms with van der Waals surface area (Å²) in [6.07, 6.45) is 2.52. The Balaban J connectivity index is 1.56. The molecule has 8 heteroatoms. The third-order valence-corrected chi connectivity index (χ3v) is 5.33. The molecule has 2 aromatic carbocycles. The van der Waals surface area contributed by atoms with E-state index in [9.17, 15) is 9.50 Å². The lowest BCUT2D eigenvalue weighted by atomic mass is 10.1. The zero-order chi connectivity index (χ0) is 20.5. The zero-order valence-electron chi connectivity index (χ0n) is 16.3. The van der Waals surface area contributed by atoms with Crippen LogP contribution in [0.5, 0.6) is 0 Å². The maximum absolute atomic E-state index is 13.5. The van der Waals surface area contributed by atoms with E-state index in [1.54, 1.807) is 16.9 Å². The van der Waals surface area contributed by atoms with Crippen LogP contribution in [0.4, 0.5) is 10.2 Å². The quantitative estimate of drug-likeness (QED) is 0.474. The lowest BCUT2D eigenvalue weighted by molar-refractivity contribution is 0.283. The SMILES string of the molecule is OCc1cccc2c1cnn2-c1nc2c(c(NCc3cccc(F)c3)n1)CNCC2. The molecule has 3 heterocycles. The standard InChI is InChI=1S/C22H21FN6O/c23-16-5-1-3-14(9-16)10-25-21-18-11-24-8-7-19(18)27-22(28-21)29-20-6-2-4-15(13-30)17(20)12-26-29/h1-6,9,12,24,30H,7-8,10-11,13H2,(H,25,27,28). The van der Waals surface area contributed by atoms with Crippen LogP contribution in [0, 0.1) is 5.82 Å². The minimum absolute atomic E-state index is 0.0554. The molecule has 7 nitrogen and oxygen atoms in total. The van der Waals surface area contributed by atoms with E-state index < -0.39 is 0 Å². The summed E-state index contributed by atoms with van der Waals surface area (Å²) < 4.78 is 15.2. The van der Waals surface area contributed by atoms with E-state index in [0.29, 0.717) is 24.9 Å². The molecule has 0 aliphatic carbocycles. The number of nitrogens with one attached hydrogen (secondary N) is 2.